The molecule has 1 unspecified atom stereocenters. The third kappa shape index (κ3) is 8.26. The van der Waals surface area contributed by atoms with Gasteiger partial charge in [0, 0.05) is 0 Å². The van der Waals surface area contributed by atoms with Crippen molar-refractivity contribution in [3.63, 3.8) is 0 Å². The number of hydrogen-bond acceptors (Lipinski definition) is 0. The molecule has 0 saturated heterocycles. The number of rotatable bonds is 8. The van der Waals surface area contributed by atoms with Gasteiger partial charge < -0.3 is 0 Å². The van der Waals surface area contributed by atoms with Gasteiger partial charge in [-0.1, -0.05) is 0 Å². The van der Waals surface area contributed by atoms with Gasteiger partial charge >= 0.3 is 497 Å². The monoisotopic (exact) mass is 1190 g/mol. The van der Waals surface area contributed by atoms with E-state index in [2.05, 4.69) is 124 Å². The zero-order valence-electron chi connectivity index (χ0n) is 49.0. The van der Waals surface area contributed by atoms with E-state index in [4.69, 9.17) is 0 Å². The summed E-state index contributed by atoms with van der Waals surface area (Å²) in [5, 5.41) is 5.61. The Morgan fingerprint density at radius 3 is 1.24 bits per heavy atom. The van der Waals surface area contributed by atoms with Crippen LogP contribution in [0.15, 0.2) is 123 Å². The first-order valence-corrected chi connectivity index (χ1v) is 37.1. The summed E-state index contributed by atoms with van der Waals surface area (Å²) in [7, 11) is 0. The van der Waals surface area contributed by atoms with E-state index < -0.39 is 0 Å². The summed E-state index contributed by atoms with van der Waals surface area (Å²) in [4.78, 5) is 0. The molecule has 22 rings (SSSR count). The van der Waals surface area contributed by atoms with Crippen molar-refractivity contribution in [2.45, 2.75) is 199 Å². The minimum atomic E-state index is 0.180. The van der Waals surface area contributed by atoms with Crippen molar-refractivity contribution in [1.29, 1.82) is 0 Å². The van der Waals surface area contributed by atoms with Crippen LogP contribution in [0.25, 0.3) is 33.2 Å². The quantitative estimate of drug-likeness (QED) is 0.122. The molecule has 16 bridgehead atoms. The van der Waals surface area contributed by atoms with E-state index in [0.29, 0.717) is 57.0 Å². The van der Waals surface area contributed by atoms with Crippen LogP contribution in [0.3, 0.4) is 0 Å². The number of fused-ring (bicyclic) bond motifs is 2. The second kappa shape index (κ2) is 18.3. The molecule has 17 aliphatic carbocycles. The zero-order chi connectivity index (χ0) is 52.9. The zero-order valence-corrected chi connectivity index (χ0v) is 52.4. The standard InChI is InChI=1S/C78H91Se2/c1-74(2,3)65-33-63(14-12-47-28-68(75-35-49-16-50(36-75)18-51(17-49)37-75)79-69(29-47)76-38-52-19-53(39-76)21-54(20-52)40-76)72(73-66-10-6-4-8-61(66)32-62-9-5-7-11-67(62)73)64(34-65)15-13-48-30-70(77-41-55-22-56(42-77)24-57(23-55)43-77)80-71(31-48)78-44-58-25-59(45-78)27-60(26-58)46-78/h4-15,28-32,49-60,65H,16-27,33-46H2,1-3H3/q+1. The maximum absolute atomic E-state index is 2.87. The van der Waals surface area contributed by atoms with Gasteiger partial charge in [0.05, 0.1) is 0 Å². The first-order chi connectivity index (χ1) is 38.8. The first kappa shape index (κ1) is 50.3. The summed E-state index contributed by atoms with van der Waals surface area (Å²) in [5.74, 6) is 12.4. The Bertz CT molecular complexity index is 3120. The predicted octanol–water partition coefficient (Wildman–Crippen LogP) is 20.0. The van der Waals surface area contributed by atoms with Gasteiger partial charge in [0.15, 0.2) is 0 Å². The molecule has 1 aromatic heterocycles. The average molecular weight is 1190 g/mol. The van der Waals surface area contributed by atoms with Crippen LogP contribution in [-0.2, 0) is 10.8 Å². The molecule has 2 heteroatoms. The molecule has 16 saturated carbocycles. The Balaban J connectivity index is 0.825. The van der Waals surface area contributed by atoms with Crippen molar-refractivity contribution in [2.24, 2.45) is 93.2 Å². The summed E-state index contributed by atoms with van der Waals surface area (Å²) in [6.45, 7) is 7.70. The Morgan fingerprint density at radius 2 is 0.838 bits per heavy atom. The number of allylic oxidation sites excluding steroid dienone is 11. The molecule has 1 atom stereocenters. The van der Waals surface area contributed by atoms with E-state index in [9.17, 15) is 0 Å². The molecule has 16 fully saturated rings. The molecule has 414 valence electrons. The van der Waals surface area contributed by atoms with E-state index in [0.717, 1.165) is 83.9 Å². The summed E-state index contributed by atoms with van der Waals surface area (Å²) < 4.78 is 7.80. The topological polar surface area (TPSA) is 0 Å². The van der Waals surface area contributed by atoms with E-state index in [1.165, 1.54) is 181 Å². The van der Waals surface area contributed by atoms with E-state index in [1.54, 1.807) is 27.9 Å². The number of hydrogen-bond donors (Lipinski definition) is 0. The van der Waals surface area contributed by atoms with E-state index in [1.807, 2.05) is 17.8 Å². The normalized spacial score (nSPS) is 43.2. The van der Waals surface area contributed by atoms with Crippen molar-refractivity contribution in [3.8, 4) is 0 Å². The molecule has 2 heterocycles. The van der Waals surface area contributed by atoms with E-state index in [-0.39, 0.29) is 5.41 Å². The second-order valence-corrected chi connectivity index (χ2v) is 37.8. The van der Waals surface area contributed by atoms with Crippen LogP contribution in [-0.4, -0.2) is 29.5 Å². The molecule has 80 heavy (non-hydrogen) atoms. The van der Waals surface area contributed by atoms with Gasteiger partial charge in [0.2, 0.25) is 0 Å². The van der Waals surface area contributed by atoms with Gasteiger partial charge in [-0.2, -0.15) is 0 Å². The molecular weight excluding hydrogens is 1090 g/mol. The maximum atomic E-state index is 2.87. The third-order valence-corrected chi connectivity index (χ3v) is 33.1. The van der Waals surface area contributed by atoms with Gasteiger partial charge in [-0.25, -0.2) is 0 Å². The summed E-state index contributed by atoms with van der Waals surface area (Å²) in [5.41, 5.74) is 11.4. The molecule has 0 spiro atoms. The Labute approximate surface area is 493 Å². The van der Waals surface area contributed by atoms with Crippen molar-refractivity contribution in [3.05, 3.63) is 143 Å². The van der Waals surface area contributed by atoms with Crippen LogP contribution in [0.4, 0.5) is 0 Å². The van der Waals surface area contributed by atoms with Crippen molar-refractivity contribution in [1.82, 2.24) is 0 Å². The fourth-order valence-corrected chi connectivity index (χ4v) is 31.4. The summed E-state index contributed by atoms with van der Waals surface area (Å²) in [6.07, 6.45) is 55.4. The minimum absolute atomic E-state index is 0.180. The molecule has 0 nitrogen and oxygen atoms in total. The molecule has 0 radical (unpaired) electrons. The van der Waals surface area contributed by atoms with Crippen LogP contribution in [0.5, 0.6) is 0 Å². The fraction of sp³-hybridized carbons (Fsp3) is 0.603. The van der Waals surface area contributed by atoms with E-state index >= 15 is 0 Å². The molecular formula is C78H91Se2+. The van der Waals surface area contributed by atoms with Crippen LogP contribution < -0.4 is 0 Å². The number of benzene rings is 3. The van der Waals surface area contributed by atoms with Gasteiger partial charge in [0.1, 0.15) is 0 Å². The first-order valence-electron chi connectivity index (χ1n) is 33.7. The predicted molar refractivity (Wildman–Crippen MR) is 336 cm³/mol. The van der Waals surface area contributed by atoms with Crippen molar-refractivity contribution >= 4 is 62.7 Å². The van der Waals surface area contributed by atoms with Crippen LogP contribution in [0.2, 0.25) is 0 Å². The average Bonchev–Trinajstić information content (AvgIpc) is 3.35. The van der Waals surface area contributed by atoms with Crippen LogP contribution in [0, 0.1) is 93.2 Å². The summed E-state index contributed by atoms with van der Waals surface area (Å²) >= 11 is 0.974. The van der Waals surface area contributed by atoms with Crippen molar-refractivity contribution < 1.29 is 0 Å². The Morgan fingerprint density at radius 1 is 0.450 bits per heavy atom. The van der Waals surface area contributed by atoms with Gasteiger partial charge in [-0.05, 0) is 0 Å². The van der Waals surface area contributed by atoms with Gasteiger partial charge in [0.25, 0.3) is 0 Å². The second-order valence-electron chi connectivity index (χ2n) is 33.3. The molecule has 0 amide bonds. The van der Waals surface area contributed by atoms with Gasteiger partial charge in [-0.3, -0.25) is 0 Å². The van der Waals surface area contributed by atoms with Crippen LogP contribution >= 0.6 is 0 Å². The molecule has 4 aromatic rings. The van der Waals surface area contributed by atoms with Crippen molar-refractivity contribution in [2.75, 3.05) is 0 Å². The Hall–Kier alpha value is -2.99. The molecule has 1 aliphatic heterocycles. The van der Waals surface area contributed by atoms with Crippen LogP contribution in [0.1, 0.15) is 208 Å². The molecule has 0 N–H and O–H groups in total. The Kier molecular flexibility index (Phi) is 11.5. The fourth-order valence-electron chi connectivity index (χ4n) is 24.9. The molecule has 18 aliphatic rings. The molecule has 3 aromatic carbocycles. The summed E-state index contributed by atoms with van der Waals surface area (Å²) in [6, 6.07) is 27.2. The third-order valence-electron chi connectivity index (χ3n) is 26.6. The SMILES string of the molecule is CC(C)(C)C1CC(/C=C/c2cc(C34CC5CC(CC(C5)C3)C4)[se+]c(C34CC5CC(CC(C5)C3)C4)c2)=C(c2c3ccccc3cc3ccccc23)C(=C/C=C2C=C(C34CC5CC(CC(C5)C3)C4)[Se]C(C34CC5CC(CC(C5)C3)C4)=C2)/C1. The van der Waals surface area contributed by atoms with Gasteiger partial charge in [-0.15, -0.1) is 0 Å².